The summed E-state index contributed by atoms with van der Waals surface area (Å²) in [6, 6.07) is 17.8. The Balaban J connectivity index is 1.77. The number of carbonyl (C=O) groups is 1. The Bertz CT molecular complexity index is 1100. The Labute approximate surface area is 160 Å². The summed E-state index contributed by atoms with van der Waals surface area (Å²) in [4.78, 5) is 37.5. The van der Waals surface area contributed by atoms with E-state index in [1.165, 1.54) is 25.9 Å². The molecule has 0 aliphatic rings. The summed E-state index contributed by atoms with van der Waals surface area (Å²) in [5.41, 5.74) is 6.66. The normalized spacial score (nSPS) is 10.7. The Morgan fingerprint density at radius 3 is 2.15 bits per heavy atom. The van der Waals surface area contributed by atoms with Crippen LogP contribution in [0.1, 0.15) is 10.4 Å². The summed E-state index contributed by atoms with van der Waals surface area (Å²) < 4.78 is 2.00. The van der Waals surface area contributed by atoms with Gasteiger partial charge >= 0.3 is 5.69 Å². The van der Waals surface area contributed by atoms with Crippen molar-refractivity contribution in [1.29, 1.82) is 0 Å². The van der Waals surface area contributed by atoms with Crippen molar-refractivity contribution in [3.05, 3.63) is 81.0 Å². The average molecular weight is 381 g/mol. The number of carbonyl (C=O) groups excluding carboxylic acids is 1. The summed E-state index contributed by atoms with van der Waals surface area (Å²) in [5, 5.41) is 0. The van der Waals surface area contributed by atoms with Crippen LogP contribution in [-0.4, -0.2) is 20.7 Å². The molecule has 2 N–H and O–H groups in total. The molecule has 6 nitrogen and oxygen atoms in total. The SMILES string of the molecule is Cn1c(N)c(C(=O)CSc2ccc(-c3ccccc3)cc2)c(=O)n(C)c1=O. The van der Waals surface area contributed by atoms with Gasteiger partial charge in [-0.15, -0.1) is 11.8 Å². The van der Waals surface area contributed by atoms with Gasteiger partial charge in [-0.3, -0.25) is 18.7 Å². The fourth-order valence-electron chi connectivity index (χ4n) is 2.72. The van der Waals surface area contributed by atoms with Crippen molar-refractivity contribution in [2.75, 3.05) is 11.5 Å². The molecule has 1 aromatic heterocycles. The average Bonchev–Trinajstić information content (AvgIpc) is 2.70. The first-order valence-electron chi connectivity index (χ1n) is 8.27. The molecule has 27 heavy (non-hydrogen) atoms. The molecule has 0 unspecified atom stereocenters. The number of nitrogen functional groups attached to an aromatic ring is 1. The number of anilines is 1. The number of rotatable bonds is 5. The van der Waals surface area contributed by atoms with Gasteiger partial charge in [-0.05, 0) is 23.3 Å². The minimum absolute atomic E-state index is 0.0579. The summed E-state index contributed by atoms with van der Waals surface area (Å²) in [6.45, 7) is 0. The fourth-order valence-corrected chi connectivity index (χ4v) is 3.49. The highest BCUT2D eigenvalue weighted by Crippen LogP contribution is 2.24. The Morgan fingerprint density at radius 2 is 1.52 bits per heavy atom. The largest absolute Gasteiger partial charge is 0.384 e. The van der Waals surface area contributed by atoms with Crippen LogP contribution in [0.4, 0.5) is 5.82 Å². The molecule has 7 heteroatoms. The van der Waals surface area contributed by atoms with Gasteiger partial charge in [0, 0.05) is 19.0 Å². The van der Waals surface area contributed by atoms with Crippen LogP contribution in [0.3, 0.4) is 0 Å². The topological polar surface area (TPSA) is 87.1 Å². The van der Waals surface area contributed by atoms with E-state index in [-0.39, 0.29) is 17.1 Å². The molecule has 0 aliphatic carbocycles. The lowest BCUT2D eigenvalue weighted by molar-refractivity contribution is 0.102. The zero-order chi connectivity index (χ0) is 19.6. The molecule has 138 valence electrons. The molecule has 0 saturated heterocycles. The highest BCUT2D eigenvalue weighted by atomic mass is 32.2. The Hall–Kier alpha value is -3.06. The third-order valence-electron chi connectivity index (χ3n) is 4.32. The lowest BCUT2D eigenvalue weighted by Crippen LogP contribution is -2.41. The molecule has 2 aromatic carbocycles. The monoisotopic (exact) mass is 381 g/mol. The van der Waals surface area contributed by atoms with Gasteiger partial charge in [0.05, 0.1) is 5.75 Å². The predicted octanol–water partition coefficient (Wildman–Crippen LogP) is 2.31. The number of thioether (sulfide) groups is 1. The molecule has 0 bridgehead atoms. The summed E-state index contributed by atoms with van der Waals surface area (Å²) in [7, 11) is 2.76. The second-order valence-corrected chi connectivity index (χ2v) is 7.12. The van der Waals surface area contributed by atoms with Crippen LogP contribution < -0.4 is 17.0 Å². The van der Waals surface area contributed by atoms with Crippen LogP contribution in [0.15, 0.2) is 69.1 Å². The molecule has 0 aliphatic heterocycles. The highest BCUT2D eigenvalue weighted by molar-refractivity contribution is 8.00. The van der Waals surface area contributed by atoms with Crippen LogP contribution >= 0.6 is 11.8 Å². The maximum absolute atomic E-state index is 12.5. The van der Waals surface area contributed by atoms with Crippen molar-refractivity contribution in [2.24, 2.45) is 14.1 Å². The van der Waals surface area contributed by atoms with E-state index >= 15 is 0 Å². The molecule has 1 heterocycles. The molecule has 0 atom stereocenters. The first-order valence-corrected chi connectivity index (χ1v) is 9.25. The van der Waals surface area contributed by atoms with Crippen molar-refractivity contribution in [2.45, 2.75) is 4.90 Å². The number of hydrogen-bond donors (Lipinski definition) is 1. The van der Waals surface area contributed by atoms with Gasteiger partial charge in [-0.2, -0.15) is 0 Å². The number of ketones is 1. The van der Waals surface area contributed by atoms with Crippen molar-refractivity contribution >= 4 is 23.4 Å². The third-order valence-corrected chi connectivity index (χ3v) is 5.33. The molecule has 3 aromatic rings. The first kappa shape index (κ1) is 18.7. The Morgan fingerprint density at radius 1 is 0.926 bits per heavy atom. The molecular formula is C20H19N3O3S. The summed E-state index contributed by atoms with van der Waals surface area (Å²) in [5.74, 6) is -0.448. The first-order chi connectivity index (χ1) is 12.9. The number of Topliss-reactive ketones (excluding diaryl/α,β-unsaturated/α-hetero) is 1. The summed E-state index contributed by atoms with van der Waals surface area (Å²) >= 11 is 1.32. The smallest absolute Gasteiger partial charge is 0.332 e. The second kappa shape index (κ2) is 7.67. The number of hydrogen-bond acceptors (Lipinski definition) is 5. The highest BCUT2D eigenvalue weighted by Gasteiger charge is 2.20. The molecule has 0 amide bonds. The molecule has 0 spiro atoms. The second-order valence-electron chi connectivity index (χ2n) is 6.07. The van der Waals surface area contributed by atoms with Crippen LogP contribution in [0.25, 0.3) is 11.1 Å². The predicted molar refractivity (Wildman–Crippen MR) is 108 cm³/mol. The van der Waals surface area contributed by atoms with Crippen LogP contribution in [0.2, 0.25) is 0 Å². The van der Waals surface area contributed by atoms with Gasteiger partial charge in [-0.25, -0.2) is 4.79 Å². The van der Waals surface area contributed by atoms with Crippen molar-refractivity contribution in [3.8, 4) is 11.1 Å². The van der Waals surface area contributed by atoms with Crippen molar-refractivity contribution in [3.63, 3.8) is 0 Å². The quantitative estimate of drug-likeness (QED) is 0.541. The van der Waals surface area contributed by atoms with E-state index in [0.717, 1.165) is 25.2 Å². The Kier molecular flexibility index (Phi) is 5.32. The van der Waals surface area contributed by atoms with Crippen molar-refractivity contribution < 1.29 is 4.79 Å². The maximum atomic E-state index is 12.5. The van der Waals surface area contributed by atoms with E-state index in [1.807, 2.05) is 54.6 Å². The molecule has 0 saturated carbocycles. The minimum Gasteiger partial charge on any atom is -0.384 e. The van der Waals surface area contributed by atoms with Gasteiger partial charge < -0.3 is 5.73 Å². The van der Waals surface area contributed by atoms with Crippen molar-refractivity contribution in [1.82, 2.24) is 9.13 Å². The van der Waals surface area contributed by atoms with Crippen LogP contribution in [0, 0.1) is 0 Å². The van der Waals surface area contributed by atoms with Gasteiger partial charge in [0.25, 0.3) is 5.56 Å². The lowest BCUT2D eigenvalue weighted by Gasteiger charge is -2.10. The number of benzene rings is 2. The lowest BCUT2D eigenvalue weighted by atomic mass is 10.1. The van der Waals surface area contributed by atoms with Crippen LogP contribution in [0.5, 0.6) is 0 Å². The van der Waals surface area contributed by atoms with Crippen LogP contribution in [-0.2, 0) is 14.1 Å². The molecular weight excluding hydrogens is 362 g/mol. The van der Waals surface area contributed by atoms with Gasteiger partial charge in [0.2, 0.25) is 0 Å². The zero-order valence-corrected chi connectivity index (χ0v) is 15.8. The van der Waals surface area contributed by atoms with Gasteiger partial charge in [0.15, 0.2) is 5.78 Å². The van der Waals surface area contributed by atoms with E-state index in [0.29, 0.717) is 0 Å². The van der Waals surface area contributed by atoms with E-state index in [9.17, 15) is 14.4 Å². The van der Waals surface area contributed by atoms with E-state index in [1.54, 1.807) is 0 Å². The fraction of sp³-hybridized carbons (Fsp3) is 0.150. The zero-order valence-electron chi connectivity index (χ0n) is 15.0. The molecule has 0 fully saturated rings. The standard InChI is InChI=1S/C20H19N3O3S/c1-22-18(21)17(19(25)23(2)20(22)26)16(24)12-27-15-10-8-14(9-11-15)13-6-4-3-5-7-13/h3-11H,12,21H2,1-2H3. The molecule has 3 rings (SSSR count). The maximum Gasteiger partial charge on any atom is 0.332 e. The summed E-state index contributed by atoms with van der Waals surface area (Å²) in [6.07, 6.45) is 0. The number of nitrogens with zero attached hydrogens (tertiary/aromatic N) is 2. The minimum atomic E-state index is -0.666. The molecule has 0 radical (unpaired) electrons. The van der Waals surface area contributed by atoms with E-state index < -0.39 is 17.0 Å². The van der Waals surface area contributed by atoms with E-state index in [2.05, 4.69) is 0 Å². The number of aromatic nitrogens is 2. The van der Waals surface area contributed by atoms with Gasteiger partial charge in [-0.1, -0.05) is 42.5 Å². The number of nitrogens with two attached hydrogens (primary N) is 1. The van der Waals surface area contributed by atoms with Gasteiger partial charge in [0.1, 0.15) is 11.4 Å². The third kappa shape index (κ3) is 3.73. The van der Waals surface area contributed by atoms with E-state index in [4.69, 9.17) is 5.73 Å².